The van der Waals surface area contributed by atoms with Crippen LogP contribution in [-0.2, 0) is 6.54 Å². The molecule has 0 spiro atoms. The fourth-order valence-corrected chi connectivity index (χ4v) is 2.08. The molecule has 9 heteroatoms. The zero-order chi connectivity index (χ0) is 18.2. The van der Waals surface area contributed by atoms with Crippen molar-refractivity contribution in [1.29, 1.82) is 0 Å². The molecule has 0 heterocycles. The summed E-state index contributed by atoms with van der Waals surface area (Å²) < 4.78 is 39.7. The minimum atomic E-state index is -2.93. The third-order valence-electron chi connectivity index (χ3n) is 3.25. The maximum absolute atomic E-state index is 12.5. The maximum atomic E-state index is 12.5. The van der Waals surface area contributed by atoms with E-state index < -0.39 is 6.61 Å². The molecule has 2 aromatic rings. The van der Waals surface area contributed by atoms with Crippen LogP contribution >= 0.6 is 24.0 Å². The van der Waals surface area contributed by atoms with Crippen LogP contribution < -0.4 is 25.3 Å². The molecule has 0 unspecified atom stereocenters. The molecule has 0 amide bonds. The Morgan fingerprint density at radius 2 is 1.81 bits per heavy atom. The Labute approximate surface area is 167 Å². The third-order valence-corrected chi connectivity index (χ3v) is 3.25. The summed E-state index contributed by atoms with van der Waals surface area (Å²) in [6.07, 6.45) is 0. The molecule has 0 aliphatic carbocycles. The van der Waals surface area contributed by atoms with Crippen molar-refractivity contribution in [2.45, 2.75) is 13.2 Å². The highest BCUT2D eigenvalue weighted by Crippen LogP contribution is 2.26. The van der Waals surface area contributed by atoms with Crippen LogP contribution in [-0.4, -0.2) is 26.8 Å². The molecule has 26 heavy (non-hydrogen) atoms. The number of nitrogens with two attached hydrogens (primary N) is 1. The van der Waals surface area contributed by atoms with Crippen molar-refractivity contribution < 1.29 is 23.0 Å². The monoisotopic (exact) mass is 479 g/mol. The maximum Gasteiger partial charge on any atom is 0.387 e. The van der Waals surface area contributed by atoms with Gasteiger partial charge < -0.3 is 25.3 Å². The van der Waals surface area contributed by atoms with Gasteiger partial charge in [-0.15, -0.1) is 24.0 Å². The standard InChI is InChI=1S/C17H19F2N3O3.HI/c1-23-13-5-3-4-12(9-13)22-17(20)21-10-11-8-14(24-2)6-7-15(11)25-16(18)19;/h3-9,16H,10H2,1-2H3,(H3,20,21,22);1H. The average molecular weight is 479 g/mol. The number of methoxy groups -OCH3 is 2. The number of alkyl halides is 2. The van der Waals surface area contributed by atoms with Crippen LogP contribution in [0.4, 0.5) is 14.5 Å². The van der Waals surface area contributed by atoms with E-state index in [1.165, 1.54) is 19.2 Å². The Morgan fingerprint density at radius 3 is 2.46 bits per heavy atom. The van der Waals surface area contributed by atoms with Crippen molar-refractivity contribution in [2.24, 2.45) is 10.7 Å². The van der Waals surface area contributed by atoms with Crippen molar-refractivity contribution in [3.8, 4) is 17.2 Å². The summed E-state index contributed by atoms with van der Waals surface area (Å²) in [6, 6.07) is 11.6. The number of hydrogen-bond acceptors (Lipinski definition) is 4. The average Bonchev–Trinajstić information content (AvgIpc) is 2.60. The molecule has 0 atom stereocenters. The molecule has 6 nitrogen and oxygen atoms in total. The van der Waals surface area contributed by atoms with Crippen molar-refractivity contribution in [2.75, 3.05) is 19.5 Å². The first-order chi connectivity index (χ1) is 12.0. The van der Waals surface area contributed by atoms with Gasteiger partial charge in [0.15, 0.2) is 5.96 Å². The second-order valence-corrected chi connectivity index (χ2v) is 4.91. The van der Waals surface area contributed by atoms with Gasteiger partial charge in [0.05, 0.1) is 20.8 Å². The number of ether oxygens (including phenoxy) is 3. The lowest BCUT2D eigenvalue weighted by atomic mass is 10.2. The first-order valence-electron chi connectivity index (χ1n) is 7.34. The fourth-order valence-electron chi connectivity index (χ4n) is 2.08. The van der Waals surface area contributed by atoms with Gasteiger partial charge in [0, 0.05) is 17.3 Å². The van der Waals surface area contributed by atoms with Crippen LogP contribution in [0.15, 0.2) is 47.5 Å². The van der Waals surface area contributed by atoms with Gasteiger partial charge in [-0.2, -0.15) is 8.78 Å². The van der Waals surface area contributed by atoms with E-state index in [2.05, 4.69) is 15.0 Å². The summed E-state index contributed by atoms with van der Waals surface area (Å²) >= 11 is 0. The smallest absolute Gasteiger partial charge is 0.387 e. The summed E-state index contributed by atoms with van der Waals surface area (Å²) in [5.41, 5.74) is 6.96. The Balaban J connectivity index is 0.00000338. The van der Waals surface area contributed by atoms with Gasteiger partial charge in [-0.05, 0) is 30.3 Å². The zero-order valence-corrected chi connectivity index (χ0v) is 16.6. The van der Waals surface area contributed by atoms with Gasteiger partial charge in [-0.3, -0.25) is 0 Å². The van der Waals surface area contributed by atoms with E-state index in [0.29, 0.717) is 22.7 Å². The number of hydrogen-bond donors (Lipinski definition) is 2. The zero-order valence-electron chi connectivity index (χ0n) is 14.2. The molecule has 0 aromatic heterocycles. The van der Waals surface area contributed by atoms with E-state index in [-0.39, 0.29) is 42.2 Å². The number of aliphatic imine (C=N–C) groups is 1. The van der Waals surface area contributed by atoms with E-state index in [1.807, 2.05) is 0 Å². The summed E-state index contributed by atoms with van der Waals surface area (Å²) in [5.74, 6) is 1.32. The van der Waals surface area contributed by atoms with E-state index in [0.717, 1.165) is 0 Å². The number of nitrogens with one attached hydrogen (secondary N) is 1. The van der Waals surface area contributed by atoms with Gasteiger partial charge in [-0.25, -0.2) is 4.99 Å². The molecule has 0 saturated carbocycles. The van der Waals surface area contributed by atoms with Crippen LogP contribution in [0.2, 0.25) is 0 Å². The normalized spacial score (nSPS) is 10.9. The van der Waals surface area contributed by atoms with Crippen LogP contribution in [0, 0.1) is 0 Å². The van der Waals surface area contributed by atoms with Gasteiger partial charge in [0.1, 0.15) is 17.2 Å². The highest BCUT2D eigenvalue weighted by Gasteiger charge is 2.11. The number of guanidine groups is 1. The van der Waals surface area contributed by atoms with Gasteiger partial charge in [-0.1, -0.05) is 6.07 Å². The molecule has 2 rings (SSSR count). The predicted octanol–water partition coefficient (Wildman–Crippen LogP) is 3.85. The topological polar surface area (TPSA) is 78.1 Å². The first kappa shape index (κ1) is 21.7. The molecular formula is C17H20F2IN3O3. The molecular weight excluding hydrogens is 459 g/mol. The highest BCUT2D eigenvalue weighted by molar-refractivity contribution is 14.0. The third kappa shape index (κ3) is 6.54. The number of anilines is 1. The number of rotatable bonds is 7. The lowest BCUT2D eigenvalue weighted by molar-refractivity contribution is -0.0504. The lowest BCUT2D eigenvalue weighted by Gasteiger charge is -2.11. The van der Waals surface area contributed by atoms with E-state index >= 15 is 0 Å². The first-order valence-corrected chi connectivity index (χ1v) is 7.34. The van der Waals surface area contributed by atoms with Crippen molar-refractivity contribution >= 4 is 35.6 Å². The van der Waals surface area contributed by atoms with Crippen molar-refractivity contribution in [1.82, 2.24) is 0 Å². The van der Waals surface area contributed by atoms with E-state index in [1.54, 1.807) is 37.4 Å². The minimum absolute atomic E-state index is 0. The summed E-state index contributed by atoms with van der Waals surface area (Å²) in [4.78, 5) is 4.15. The largest absolute Gasteiger partial charge is 0.497 e. The molecule has 0 saturated heterocycles. The number of halogens is 3. The number of benzene rings is 2. The van der Waals surface area contributed by atoms with Crippen LogP contribution in [0.25, 0.3) is 0 Å². The molecule has 0 aliphatic heterocycles. The van der Waals surface area contributed by atoms with Crippen molar-refractivity contribution in [3.05, 3.63) is 48.0 Å². The van der Waals surface area contributed by atoms with Gasteiger partial charge >= 0.3 is 6.61 Å². The Kier molecular flexibility index (Phi) is 8.90. The minimum Gasteiger partial charge on any atom is -0.497 e. The SMILES string of the molecule is COc1cccc(NC(N)=NCc2cc(OC)ccc2OC(F)F)c1.I. The molecule has 142 valence electrons. The van der Waals surface area contributed by atoms with Crippen LogP contribution in [0.5, 0.6) is 17.2 Å². The Bertz CT molecular complexity index is 745. The summed E-state index contributed by atoms with van der Waals surface area (Å²) in [6.45, 7) is -2.88. The van der Waals surface area contributed by atoms with Crippen LogP contribution in [0.1, 0.15) is 5.56 Å². The second-order valence-electron chi connectivity index (χ2n) is 4.91. The molecule has 3 N–H and O–H groups in total. The highest BCUT2D eigenvalue weighted by atomic mass is 127. The van der Waals surface area contributed by atoms with Gasteiger partial charge in [0.2, 0.25) is 0 Å². The molecule has 0 fully saturated rings. The fraction of sp³-hybridized carbons (Fsp3) is 0.235. The summed E-state index contributed by atoms with van der Waals surface area (Å²) in [5, 5.41) is 2.90. The quantitative estimate of drug-likeness (QED) is 0.359. The lowest BCUT2D eigenvalue weighted by Crippen LogP contribution is -2.22. The molecule has 0 radical (unpaired) electrons. The van der Waals surface area contributed by atoms with Crippen molar-refractivity contribution in [3.63, 3.8) is 0 Å². The molecule has 0 bridgehead atoms. The second kappa shape index (κ2) is 10.6. The Hall–Kier alpha value is -2.30. The summed E-state index contributed by atoms with van der Waals surface area (Å²) in [7, 11) is 3.04. The van der Waals surface area contributed by atoms with Gasteiger partial charge in [0.25, 0.3) is 0 Å². The van der Waals surface area contributed by atoms with Crippen LogP contribution in [0.3, 0.4) is 0 Å². The Morgan fingerprint density at radius 1 is 1.12 bits per heavy atom. The predicted molar refractivity (Wildman–Crippen MR) is 107 cm³/mol. The van der Waals surface area contributed by atoms with E-state index in [9.17, 15) is 8.78 Å². The molecule has 2 aromatic carbocycles. The molecule has 0 aliphatic rings. The van der Waals surface area contributed by atoms with E-state index in [4.69, 9.17) is 15.2 Å². The number of nitrogens with zero attached hydrogens (tertiary/aromatic N) is 1.